The fourth-order valence-electron chi connectivity index (χ4n) is 4.97. The predicted octanol–water partition coefficient (Wildman–Crippen LogP) is 1.64. The van der Waals surface area contributed by atoms with E-state index in [-0.39, 0.29) is 23.8 Å². The number of para-hydroxylation sites is 3. The third-order valence-corrected chi connectivity index (χ3v) is 6.10. The molecule has 7 nitrogen and oxygen atoms in total. The van der Waals surface area contributed by atoms with E-state index in [1.54, 1.807) is 30.3 Å². The number of rotatable bonds is 2. The summed E-state index contributed by atoms with van der Waals surface area (Å²) in [7, 11) is 1.50. The maximum atomic E-state index is 13.6. The van der Waals surface area contributed by atoms with Crippen molar-refractivity contribution >= 4 is 29.1 Å². The van der Waals surface area contributed by atoms with Crippen LogP contribution in [0, 0.1) is 11.8 Å². The predicted molar refractivity (Wildman–Crippen MR) is 102 cm³/mol. The van der Waals surface area contributed by atoms with E-state index in [1.165, 1.54) is 12.0 Å². The molecule has 5 rings (SSSR count). The first-order valence-electron chi connectivity index (χ1n) is 9.20. The number of imide groups is 1. The van der Waals surface area contributed by atoms with Gasteiger partial charge in [0.1, 0.15) is 11.3 Å². The number of nitrogens with zero attached hydrogens (tertiary/aromatic N) is 1. The molecule has 2 aromatic rings. The Morgan fingerprint density at radius 1 is 1.00 bits per heavy atom. The van der Waals surface area contributed by atoms with Gasteiger partial charge in [0.25, 0.3) is 0 Å². The zero-order valence-corrected chi connectivity index (χ0v) is 15.4. The molecule has 0 aliphatic carbocycles. The quantitative estimate of drug-likeness (QED) is 0.777. The number of hydrogen-bond donors (Lipinski definition) is 2. The number of carbonyl (C=O) groups is 3. The summed E-state index contributed by atoms with van der Waals surface area (Å²) in [6.45, 7) is 1.84. The minimum Gasteiger partial charge on any atom is -0.495 e. The molecule has 3 aliphatic rings. The number of methoxy groups -OCH3 is 1. The minimum atomic E-state index is -1.25. The lowest BCUT2D eigenvalue weighted by Crippen LogP contribution is -2.53. The number of fused-ring (bicyclic) bond motifs is 4. The first-order valence-corrected chi connectivity index (χ1v) is 9.20. The second kappa shape index (κ2) is 5.65. The summed E-state index contributed by atoms with van der Waals surface area (Å²) < 4.78 is 5.36. The van der Waals surface area contributed by atoms with Gasteiger partial charge in [-0.15, -0.1) is 0 Å². The summed E-state index contributed by atoms with van der Waals surface area (Å²) in [6.07, 6.45) is 0. The van der Waals surface area contributed by atoms with Crippen LogP contribution in [0.2, 0.25) is 0 Å². The van der Waals surface area contributed by atoms with E-state index in [0.717, 1.165) is 0 Å². The Morgan fingerprint density at radius 3 is 2.50 bits per heavy atom. The monoisotopic (exact) mass is 377 g/mol. The molecule has 3 amide bonds. The SMILES string of the molecule is COc1ccccc1N1C(=O)[C@@H]2[C@H](C)N[C@]3(C(=O)Nc4ccccc43)[C@H]2C1=O. The topological polar surface area (TPSA) is 87.7 Å². The molecule has 0 aromatic heterocycles. The van der Waals surface area contributed by atoms with Crippen molar-refractivity contribution in [2.45, 2.75) is 18.5 Å². The number of nitrogens with one attached hydrogen (secondary N) is 2. The Hall–Kier alpha value is -3.19. The van der Waals surface area contributed by atoms with E-state index in [1.807, 2.05) is 25.1 Å². The van der Waals surface area contributed by atoms with E-state index < -0.39 is 17.4 Å². The minimum absolute atomic E-state index is 0.295. The van der Waals surface area contributed by atoms with E-state index in [0.29, 0.717) is 22.7 Å². The van der Waals surface area contributed by atoms with Gasteiger partial charge in [0, 0.05) is 17.3 Å². The molecular weight excluding hydrogens is 358 g/mol. The van der Waals surface area contributed by atoms with Crippen LogP contribution >= 0.6 is 0 Å². The van der Waals surface area contributed by atoms with Crippen LogP contribution < -0.4 is 20.3 Å². The van der Waals surface area contributed by atoms with Crippen molar-refractivity contribution in [3.63, 3.8) is 0 Å². The number of ether oxygens (including phenoxy) is 1. The molecule has 7 heteroatoms. The zero-order chi connectivity index (χ0) is 19.6. The first-order chi connectivity index (χ1) is 13.5. The van der Waals surface area contributed by atoms with Crippen molar-refractivity contribution in [2.24, 2.45) is 11.8 Å². The third kappa shape index (κ3) is 1.89. The highest BCUT2D eigenvalue weighted by molar-refractivity contribution is 6.26. The van der Waals surface area contributed by atoms with Crippen molar-refractivity contribution in [3.8, 4) is 5.75 Å². The van der Waals surface area contributed by atoms with Crippen molar-refractivity contribution < 1.29 is 19.1 Å². The van der Waals surface area contributed by atoms with Crippen LogP contribution in [0.5, 0.6) is 5.75 Å². The van der Waals surface area contributed by atoms with Crippen LogP contribution in [0.4, 0.5) is 11.4 Å². The molecule has 3 aliphatic heterocycles. The van der Waals surface area contributed by atoms with Gasteiger partial charge in [0.15, 0.2) is 0 Å². The Morgan fingerprint density at radius 2 is 1.71 bits per heavy atom. The van der Waals surface area contributed by atoms with Crippen molar-refractivity contribution in [1.29, 1.82) is 0 Å². The Bertz CT molecular complexity index is 1040. The molecule has 2 fully saturated rings. The summed E-state index contributed by atoms with van der Waals surface area (Å²) in [6, 6.07) is 13.9. The van der Waals surface area contributed by atoms with Gasteiger partial charge in [-0.3, -0.25) is 19.7 Å². The van der Waals surface area contributed by atoms with Gasteiger partial charge in [0.2, 0.25) is 17.7 Å². The highest BCUT2D eigenvalue weighted by atomic mass is 16.5. The number of benzene rings is 2. The number of hydrogen-bond acceptors (Lipinski definition) is 5. The normalized spacial score (nSPS) is 30.6. The van der Waals surface area contributed by atoms with E-state index >= 15 is 0 Å². The fraction of sp³-hybridized carbons (Fsp3) is 0.286. The zero-order valence-electron chi connectivity index (χ0n) is 15.4. The standard InChI is InChI=1S/C21H19N3O4/c1-11-16-17(21(23-11)12-7-3-4-8-13(12)22-20(21)27)19(26)24(18(16)25)14-9-5-6-10-15(14)28-2/h3-11,16-17,23H,1-2H3,(H,22,27)/t11-,16+,17+,21-/m0/s1. The molecule has 0 radical (unpaired) electrons. The van der Waals surface area contributed by atoms with E-state index in [4.69, 9.17) is 4.74 Å². The second-order valence-corrected chi connectivity index (χ2v) is 7.43. The lowest BCUT2D eigenvalue weighted by Gasteiger charge is -2.29. The highest BCUT2D eigenvalue weighted by Crippen LogP contribution is 2.53. The highest BCUT2D eigenvalue weighted by Gasteiger charge is 2.70. The van der Waals surface area contributed by atoms with Crippen LogP contribution in [-0.4, -0.2) is 30.9 Å². The molecule has 2 aromatic carbocycles. The van der Waals surface area contributed by atoms with Crippen LogP contribution in [0.1, 0.15) is 12.5 Å². The molecule has 2 saturated heterocycles. The molecule has 0 unspecified atom stereocenters. The fourth-order valence-corrected chi connectivity index (χ4v) is 4.97. The summed E-state index contributed by atoms with van der Waals surface area (Å²) in [5.74, 6) is -2.00. The summed E-state index contributed by atoms with van der Waals surface area (Å²) in [5, 5.41) is 6.15. The first kappa shape index (κ1) is 16.9. The van der Waals surface area contributed by atoms with Crippen molar-refractivity contribution in [3.05, 3.63) is 54.1 Å². The van der Waals surface area contributed by atoms with E-state index in [2.05, 4.69) is 10.6 Å². The van der Waals surface area contributed by atoms with Gasteiger partial charge in [-0.2, -0.15) is 0 Å². The largest absolute Gasteiger partial charge is 0.495 e. The average molecular weight is 377 g/mol. The Labute approximate surface area is 161 Å². The Balaban J connectivity index is 1.68. The van der Waals surface area contributed by atoms with Gasteiger partial charge in [-0.05, 0) is 25.1 Å². The number of anilines is 2. The molecule has 28 heavy (non-hydrogen) atoms. The molecule has 1 spiro atoms. The molecule has 142 valence electrons. The van der Waals surface area contributed by atoms with Crippen LogP contribution in [0.25, 0.3) is 0 Å². The summed E-state index contributed by atoms with van der Waals surface area (Å²) in [4.78, 5) is 41.1. The van der Waals surface area contributed by atoms with Gasteiger partial charge >= 0.3 is 0 Å². The van der Waals surface area contributed by atoms with Crippen LogP contribution in [0.3, 0.4) is 0 Å². The molecule has 4 atom stereocenters. The molecule has 0 saturated carbocycles. The van der Waals surface area contributed by atoms with Gasteiger partial charge < -0.3 is 10.1 Å². The average Bonchev–Trinajstić information content (AvgIpc) is 3.26. The van der Waals surface area contributed by atoms with Crippen LogP contribution in [0.15, 0.2) is 48.5 Å². The number of carbonyl (C=O) groups excluding carboxylic acids is 3. The molecule has 3 heterocycles. The summed E-state index contributed by atoms with van der Waals surface area (Å²) in [5.41, 5.74) is 0.541. The van der Waals surface area contributed by atoms with Gasteiger partial charge in [0.05, 0.1) is 24.6 Å². The van der Waals surface area contributed by atoms with Crippen molar-refractivity contribution in [1.82, 2.24) is 5.32 Å². The smallest absolute Gasteiger partial charge is 0.250 e. The molecule has 2 N–H and O–H groups in total. The maximum Gasteiger partial charge on any atom is 0.250 e. The lowest BCUT2D eigenvalue weighted by atomic mass is 9.76. The van der Waals surface area contributed by atoms with Gasteiger partial charge in [-0.25, -0.2) is 4.90 Å². The van der Waals surface area contributed by atoms with Crippen molar-refractivity contribution in [2.75, 3.05) is 17.3 Å². The number of amides is 3. The lowest BCUT2D eigenvalue weighted by molar-refractivity contribution is -0.130. The molecule has 0 bridgehead atoms. The summed E-state index contributed by atoms with van der Waals surface area (Å²) >= 11 is 0. The molecular formula is C21H19N3O4. The van der Waals surface area contributed by atoms with Gasteiger partial charge in [-0.1, -0.05) is 30.3 Å². The second-order valence-electron chi connectivity index (χ2n) is 7.43. The Kier molecular flexibility index (Phi) is 3.42. The third-order valence-electron chi connectivity index (χ3n) is 6.10. The maximum absolute atomic E-state index is 13.6. The van der Waals surface area contributed by atoms with Crippen LogP contribution in [-0.2, 0) is 19.9 Å². The van der Waals surface area contributed by atoms with E-state index in [9.17, 15) is 14.4 Å².